The van der Waals surface area contributed by atoms with E-state index >= 15 is 0 Å². The van der Waals surface area contributed by atoms with Crippen molar-refractivity contribution in [3.05, 3.63) is 0 Å². The van der Waals surface area contributed by atoms with Crippen LogP contribution in [0.3, 0.4) is 0 Å². The monoisotopic (exact) mass is 197 g/mol. The van der Waals surface area contributed by atoms with Crippen LogP contribution in [0.4, 0.5) is 0 Å². The summed E-state index contributed by atoms with van der Waals surface area (Å²) < 4.78 is 4.54. The molecule has 0 rings (SSSR count). The predicted molar refractivity (Wildman–Crippen MR) is 40.6 cm³/mol. The van der Waals surface area contributed by atoms with Gasteiger partial charge in [0.05, 0.1) is 6.61 Å². The topological polar surface area (TPSA) is 52.3 Å². The van der Waals surface area contributed by atoms with E-state index in [-0.39, 0.29) is 23.0 Å². The summed E-state index contributed by atoms with van der Waals surface area (Å²) in [5.74, 6) is -0.340. The van der Waals surface area contributed by atoms with Crippen LogP contribution in [0, 0.1) is 0 Å². The highest BCUT2D eigenvalue weighted by molar-refractivity contribution is 8.93. The van der Waals surface area contributed by atoms with E-state index in [1.165, 1.54) is 0 Å². The molecule has 0 amide bonds. The number of rotatable bonds is 2. The van der Waals surface area contributed by atoms with Crippen molar-refractivity contribution in [2.45, 2.75) is 19.9 Å². The number of nitrogens with two attached hydrogens (primary N) is 1. The second-order valence-electron chi connectivity index (χ2n) is 1.54. The van der Waals surface area contributed by atoms with Crippen LogP contribution in [0.15, 0.2) is 0 Å². The number of esters is 1. The molecule has 0 saturated carbocycles. The maximum atomic E-state index is 10.4. The van der Waals surface area contributed by atoms with Crippen molar-refractivity contribution in [2.24, 2.45) is 5.73 Å². The van der Waals surface area contributed by atoms with Crippen LogP contribution < -0.4 is 5.73 Å². The van der Waals surface area contributed by atoms with Gasteiger partial charge in [-0.25, -0.2) is 0 Å². The third kappa shape index (κ3) is 5.79. The molecule has 0 heterocycles. The lowest BCUT2D eigenvalue weighted by Crippen LogP contribution is -2.28. The molecule has 4 heteroatoms. The van der Waals surface area contributed by atoms with Gasteiger partial charge in [-0.05, 0) is 13.8 Å². The highest BCUT2D eigenvalue weighted by atomic mass is 79.9. The first-order valence-electron chi connectivity index (χ1n) is 2.60. The number of carbonyl (C=O) groups is 1. The van der Waals surface area contributed by atoms with Gasteiger partial charge in [0.25, 0.3) is 0 Å². The summed E-state index contributed by atoms with van der Waals surface area (Å²) in [6.07, 6.45) is 0. The standard InChI is InChI=1S/C5H11NO2.BrH/c1-3-8-5(7)4(2)6;/h4H,3,6H2,1-2H3;1H/t4-;/m0./s1. The van der Waals surface area contributed by atoms with E-state index in [0.717, 1.165) is 0 Å². The van der Waals surface area contributed by atoms with Crippen molar-refractivity contribution in [1.82, 2.24) is 0 Å². The molecule has 56 valence electrons. The van der Waals surface area contributed by atoms with E-state index < -0.39 is 6.04 Å². The lowest BCUT2D eigenvalue weighted by molar-refractivity contribution is -0.144. The smallest absolute Gasteiger partial charge is 0.322 e. The van der Waals surface area contributed by atoms with E-state index in [0.29, 0.717) is 6.61 Å². The second-order valence-corrected chi connectivity index (χ2v) is 1.54. The van der Waals surface area contributed by atoms with Gasteiger partial charge < -0.3 is 10.5 Å². The molecule has 0 aromatic heterocycles. The van der Waals surface area contributed by atoms with Crippen LogP contribution in [-0.4, -0.2) is 18.6 Å². The molecule has 0 aliphatic heterocycles. The van der Waals surface area contributed by atoms with E-state index in [4.69, 9.17) is 5.73 Å². The molecule has 1 atom stereocenters. The molecular weight excluding hydrogens is 186 g/mol. The van der Waals surface area contributed by atoms with Gasteiger partial charge in [0.15, 0.2) is 0 Å². The lowest BCUT2D eigenvalue weighted by atomic mass is 10.4. The third-order valence-electron chi connectivity index (χ3n) is 0.658. The van der Waals surface area contributed by atoms with Gasteiger partial charge in [-0.15, -0.1) is 17.0 Å². The SMILES string of the molecule is Br.CCOC(=O)[C@H](C)N. The maximum absolute atomic E-state index is 10.4. The van der Waals surface area contributed by atoms with Crippen LogP contribution in [0.5, 0.6) is 0 Å². The van der Waals surface area contributed by atoms with Gasteiger partial charge in [-0.2, -0.15) is 0 Å². The molecule has 0 spiro atoms. The minimum Gasteiger partial charge on any atom is -0.465 e. The highest BCUT2D eigenvalue weighted by Crippen LogP contribution is 1.80. The van der Waals surface area contributed by atoms with E-state index in [9.17, 15) is 4.79 Å². The zero-order chi connectivity index (χ0) is 6.57. The molecular formula is C5H12BrNO2. The normalized spacial score (nSPS) is 11.4. The fourth-order valence-corrected chi connectivity index (χ4v) is 0.274. The minimum atomic E-state index is -0.491. The van der Waals surface area contributed by atoms with Crippen molar-refractivity contribution in [3.63, 3.8) is 0 Å². The molecule has 9 heavy (non-hydrogen) atoms. The molecule has 0 aromatic carbocycles. The van der Waals surface area contributed by atoms with Gasteiger partial charge in [-0.1, -0.05) is 0 Å². The van der Waals surface area contributed by atoms with Gasteiger partial charge in [0, 0.05) is 0 Å². The molecule has 0 fully saturated rings. The number of carbonyl (C=O) groups excluding carboxylic acids is 1. The summed E-state index contributed by atoms with van der Waals surface area (Å²) in [6.45, 7) is 3.75. The Labute approximate surface area is 65.3 Å². The van der Waals surface area contributed by atoms with Gasteiger partial charge in [0.1, 0.15) is 6.04 Å². The van der Waals surface area contributed by atoms with Crippen LogP contribution >= 0.6 is 17.0 Å². The van der Waals surface area contributed by atoms with Crippen LogP contribution in [0.25, 0.3) is 0 Å². The summed E-state index contributed by atoms with van der Waals surface area (Å²) in [5, 5.41) is 0. The Bertz CT molecular complexity index is 85.0. The summed E-state index contributed by atoms with van der Waals surface area (Å²) in [6, 6.07) is -0.491. The largest absolute Gasteiger partial charge is 0.465 e. The molecule has 0 aliphatic rings. The Kier molecular flexibility index (Phi) is 7.83. The quantitative estimate of drug-likeness (QED) is 0.656. The Morgan fingerprint density at radius 3 is 2.33 bits per heavy atom. The van der Waals surface area contributed by atoms with Crippen LogP contribution in [0.1, 0.15) is 13.8 Å². The Morgan fingerprint density at radius 1 is 1.78 bits per heavy atom. The highest BCUT2D eigenvalue weighted by Gasteiger charge is 2.05. The molecule has 0 radical (unpaired) electrons. The molecule has 0 bridgehead atoms. The average Bonchev–Trinajstić information content (AvgIpc) is 1.67. The van der Waals surface area contributed by atoms with Gasteiger partial charge in [-0.3, -0.25) is 4.79 Å². The number of halogens is 1. The first-order valence-corrected chi connectivity index (χ1v) is 2.60. The van der Waals surface area contributed by atoms with E-state index in [1.807, 2.05) is 0 Å². The van der Waals surface area contributed by atoms with E-state index in [2.05, 4.69) is 4.74 Å². The lowest BCUT2D eigenvalue weighted by Gasteiger charge is -2.02. The Morgan fingerprint density at radius 2 is 2.22 bits per heavy atom. The molecule has 2 N–H and O–H groups in total. The Balaban J connectivity index is 0. The molecule has 3 nitrogen and oxygen atoms in total. The fourth-order valence-electron chi connectivity index (χ4n) is 0.274. The minimum absolute atomic E-state index is 0. The zero-order valence-electron chi connectivity index (χ0n) is 5.59. The van der Waals surface area contributed by atoms with Crippen molar-refractivity contribution >= 4 is 23.0 Å². The zero-order valence-corrected chi connectivity index (χ0v) is 7.30. The van der Waals surface area contributed by atoms with Crippen molar-refractivity contribution in [1.29, 1.82) is 0 Å². The summed E-state index contributed by atoms with van der Waals surface area (Å²) in [7, 11) is 0. The number of hydrogen-bond acceptors (Lipinski definition) is 3. The molecule has 0 aromatic rings. The first kappa shape index (κ1) is 11.7. The van der Waals surface area contributed by atoms with Crippen molar-refractivity contribution in [3.8, 4) is 0 Å². The summed E-state index contributed by atoms with van der Waals surface area (Å²) in [5.41, 5.74) is 5.15. The summed E-state index contributed by atoms with van der Waals surface area (Å²) >= 11 is 0. The molecule has 0 saturated heterocycles. The van der Waals surface area contributed by atoms with Crippen molar-refractivity contribution < 1.29 is 9.53 Å². The number of hydrogen-bond donors (Lipinski definition) is 1. The fraction of sp³-hybridized carbons (Fsp3) is 0.800. The van der Waals surface area contributed by atoms with Gasteiger partial charge >= 0.3 is 5.97 Å². The van der Waals surface area contributed by atoms with Crippen molar-refractivity contribution in [2.75, 3.05) is 6.61 Å². The van der Waals surface area contributed by atoms with E-state index in [1.54, 1.807) is 13.8 Å². The molecule has 0 aliphatic carbocycles. The maximum Gasteiger partial charge on any atom is 0.322 e. The average molecular weight is 198 g/mol. The Hall–Kier alpha value is -0.0900. The van der Waals surface area contributed by atoms with Gasteiger partial charge in [0.2, 0.25) is 0 Å². The third-order valence-corrected chi connectivity index (χ3v) is 0.658. The van der Waals surface area contributed by atoms with Crippen LogP contribution in [0.2, 0.25) is 0 Å². The number of ether oxygens (including phenoxy) is 1. The summed E-state index contributed by atoms with van der Waals surface area (Å²) in [4.78, 5) is 10.4. The molecule has 0 unspecified atom stereocenters. The second kappa shape index (κ2) is 6.04. The van der Waals surface area contributed by atoms with Crippen LogP contribution in [-0.2, 0) is 9.53 Å². The first-order chi connectivity index (χ1) is 3.68. The predicted octanol–water partition coefficient (Wildman–Crippen LogP) is 0.475.